The zero-order chi connectivity index (χ0) is 20.1. The molecule has 1 unspecified atom stereocenters. The van der Waals surface area contributed by atoms with Crippen molar-refractivity contribution in [3.05, 3.63) is 69.5 Å². The van der Waals surface area contributed by atoms with Crippen LogP contribution in [0.2, 0.25) is 0 Å². The largest absolute Gasteiger partial charge is 0.228 e. The highest BCUT2D eigenvalue weighted by Crippen LogP contribution is 2.38. The zero-order valence-electron chi connectivity index (χ0n) is 12.3. The molecule has 0 aromatic heterocycles. The van der Waals surface area contributed by atoms with Gasteiger partial charge in [-0.25, -0.2) is 47.9 Å². The van der Waals surface area contributed by atoms with Gasteiger partial charge in [-0.2, -0.15) is 0 Å². The number of hydrogen-bond acceptors (Lipinski definition) is 2. The molecule has 1 atom stereocenters. The first-order valence-electron chi connectivity index (χ1n) is 6.33. The second-order valence-electron chi connectivity index (χ2n) is 5.08. The van der Waals surface area contributed by atoms with Crippen molar-refractivity contribution in [2.75, 3.05) is 6.26 Å². The van der Waals surface area contributed by atoms with Crippen molar-refractivity contribution < 1.29 is 47.9 Å². The van der Waals surface area contributed by atoms with Gasteiger partial charge in [0.1, 0.15) is 5.25 Å². The maximum atomic E-state index is 13.9. The van der Waals surface area contributed by atoms with Crippen molar-refractivity contribution >= 4 is 9.84 Å². The average Bonchev–Trinajstić information content (AvgIpc) is 2.56. The van der Waals surface area contributed by atoms with Crippen LogP contribution in [0.25, 0.3) is 0 Å². The molecule has 12 heteroatoms. The molecule has 0 fully saturated rings. The fraction of sp³-hybridized carbons (Fsp3) is 0.143. The Morgan fingerprint density at radius 1 is 0.654 bits per heavy atom. The fourth-order valence-electron chi connectivity index (χ4n) is 2.23. The molecule has 0 spiro atoms. The van der Waals surface area contributed by atoms with E-state index in [1.165, 1.54) is 0 Å². The van der Waals surface area contributed by atoms with Crippen LogP contribution < -0.4 is 0 Å². The Labute approximate surface area is 139 Å². The second-order valence-corrected chi connectivity index (χ2v) is 7.21. The van der Waals surface area contributed by atoms with Crippen molar-refractivity contribution in [2.24, 2.45) is 0 Å². The van der Waals surface area contributed by atoms with E-state index in [-0.39, 0.29) is 12.3 Å². The molecule has 2 nitrogen and oxygen atoms in total. The van der Waals surface area contributed by atoms with Gasteiger partial charge in [-0.15, -0.1) is 0 Å². The van der Waals surface area contributed by atoms with Crippen molar-refractivity contribution in [3.8, 4) is 0 Å². The van der Waals surface area contributed by atoms with Gasteiger partial charge in [-0.1, -0.05) is 0 Å². The van der Waals surface area contributed by atoms with Gasteiger partial charge >= 0.3 is 0 Å². The molecular weight excluding hydrogens is 403 g/mol. The maximum absolute atomic E-state index is 13.9. The van der Waals surface area contributed by atoms with Gasteiger partial charge in [0, 0.05) is 11.8 Å². The van der Waals surface area contributed by atoms with Gasteiger partial charge in [0.2, 0.25) is 5.82 Å². The quantitative estimate of drug-likeness (QED) is 0.436. The summed E-state index contributed by atoms with van der Waals surface area (Å²) in [5.74, 6) is -22.5. The van der Waals surface area contributed by atoms with Crippen LogP contribution >= 0.6 is 0 Å². The minimum absolute atomic E-state index is 0.189. The highest BCUT2D eigenvalue weighted by Gasteiger charge is 2.39. The van der Waals surface area contributed by atoms with Crippen LogP contribution in [0, 0.1) is 52.4 Å². The molecule has 0 amide bonds. The van der Waals surface area contributed by atoms with Crippen LogP contribution in [0.3, 0.4) is 0 Å². The summed E-state index contributed by atoms with van der Waals surface area (Å²) in [5, 5.41) is -3.04. The van der Waals surface area contributed by atoms with Gasteiger partial charge in [0.15, 0.2) is 56.4 Å². The minimum atomic E-state index is -4.96. The standard InChI is InChI=1S/C14H5F9O2S/c1-26(24,25)14(3-2-4(15)7(17)10(20)6(3)16)5-8(18)11(21)13(23)12(22)9(5)19/h2,14H,1H3. The second kappa shape index (κ2) is 6.49. The molecule has 0 heterocycles. The van der Waals surface area contributed by atoms with Crippen LogP contribution in [0.5, 0.6) is 0 Å². The summed E-state index contributed by atoms with van der Waals surface area (Å²) >= 11 is 0. The van der Waals surface area contributed by atoms with Crippen molar-refractivity contribution in [1.29, 1.82) is 0 Å². The lowest BCUT2D eigenvalue weighted by atomic mass is 10.0. The van der Waals surface area contributed by atoms with Gasteiger partial charge in [0.25, 0.3) is 0 Å². The Kier molecular flexibility index (Phi) is 5.01. The van der Waals surface area contributed by atoms with Crippen LogP contribution in [0.15, 0.2) is 6.07 Å². The van der Waals surface area contributed by atoms with E-state index in [9.17, 15) is 47.9 Å². The van der Waals surface area contributed by atoms with E-state index >= 15 is 0 Å². The molecule has 2 rings (SSSR count). The SMILES string of the molecule is CS(=O)(=O)C(c1cc(F)c(F)c(F)c1F)c1c(F)c(F)c(F)c(F)c1F. The van der Waals surface area contributed by atoms with E-state index in [4.69, 9.17) is 0 Å². The number of sulfone groups is 1. The minimum Gasteiger partial charge on any atom is -0.228 e. The van der Waals surface area contributed by atoms with Crippen LogP contribution in [0.1, 0.15) is 16.4 Å². The first-order valence-corrected chi connectivity index (χ1v) is 8.29. The zero-order valence-corrected chi connectivity index (χ0v) is 13.1. The third-order valence-corrected chi connectivity index (χ3v) is 4.69. The molecule has 0 saturated carbocycles. The molecule has 0 aliphatic carbocycles. The molecule has 0 radical (unpaired) electrons. The monoisotopic (exact) mass is 408 g/mol. The summed E-state index contributed by atoms with van der Waals surface area (Å²) in [6, 6.07) is -0.252. The third-order valence-electron chi connectivity index (χ3n) is 3.35. The van der Waals surface area contributed by atoms with Crippen molar-refractivity contribution in [3.63, 3.8) is 0 Å². The average molecular weight is 408 g/mol. The van der Waals surface area contributed by atoms with E-state index in [0.29, 0.717) is 0 Å². The lowest BCUT2D eigenvalue weighted by Gasteiger charge is -2.19. The summed E-state index contributed by atoms with van der Waals surface area (Å²) in [6.07, 6.45) is 0.189. The van der Waals surface area contributed by atoms with E-state index in [2.05, 4.69) is 0 Å². The maximum Gasteiger partial charge on any atom is 0.200 e. The number of rotatable bonds is 3. The first-order chi connectivity index (χ1) is 11.8. The van der Waals surface area contributed by atoms with Crippen LogP contribution in [-0.4, -0.2) is 14.7 Å². The van der Waals surface area contributed by atoms with Crippen LogP contribution in [0.4, 0.5) is 39.5 Å². The Hall–Kier alpha value is -2.24. The van der Waals surface area contributed by atoms with E-state index in [0.717, 1.165) is 0 Å². The summed E-state index contributed by atoms with van der Waals surface area (Å²) in [6.45, 7) is 0. The summed E-state index contributed by atoms with van der Waals surface area (Å²) < 4.78 is 145. The Morgan fingerprint density at radius 2 is 1.04 bits per heavy atom. The van der Waals surface area contributed by atoms with E-state index in [1.54, 1.807) is 0 Å². The number of hydrogen-bond donors (Lipinski definition) is 0. The number of benzene rings is 2. The van der Waals surface area contributed by atoms with E-state index < -0.39 is 78.6 Å². The molecule has 0 aliphatic rings. The molecule has 0 N–H and O–H groups in total. The van der Waals surface area contributed by atoms with Gasteiger partial charge in [-0.05, 0) is 6.07 Å². The lowest BCUT2D eigenvalue weighted by molar-refractivity contribution is 0.368. The summed E-state index contributed by atoms with van der Waals surface area (Å²) in [5.41, 5.74) is -3.74. The smallest absolute Gasteiger partial charge is 0.200 e. The predicted molar refractivity (Wildman–Crippen MR) is 69.2 cm³/mol. The highest BCUT2D eigenvalue weighted by atomic mass is 32.2. The lowest BCUT2D eigenvalue weighted by Crippen LogP contribution is -2.21. The molecule has 142 valence electrons. The van der Waals surface area contributed by atoms with Gasteiger partial charge < -0.3 is 0 Å². The summed E-state index contributed by atoms with van der Waals surface area (Å²) in [4.78, 5) is 0. The van der Waals surface area contributed by atoms with E-state index in [1.807, 2.05) is 0 Å². The molecule has 0 aliphatic heterocycles. The normalized spacial score (nSPS) is 13.2. The fourth-order valence-corrected chi connectivity index (χ4v) is 3.50. The molecule has 2 aromatic rings. The highest BCUT2D eigenvalue weighted by molar-refractivity contribution is 7.91. The molecule has 2 aromatic carbocycles. The predicted octanol–water partition coefficient (Wildman–Crippen LogP) is 4.07. The number of halogens is 9. The Bertz CT molecular complexity index is 989. The first kappa shape index (κ1) is 20.1. The van der Waals surface area contributed by atoms with Crippen LogP contribution in [-0.2, 0) is 9.84 Å². The Balaban J connectivity index is 3.00. The van der Waals surface area contributed by atoms with Crippen molar-refractivity contribution in [2.45, 2.75) is 5.25 Å². The van der Waals surface area contributed by atoms with Gasteiger partial charge in [0.05, 0.1) is 5.56 Å². The molecular formula is C14H5F9O2S. The molecule has 0 saturated heterocycles. The summed E-state index contributed by atoms with van der Waals surface area (Å²) in [7, 11) is -4.96. The molecule has 0 bridgehead atoms. The third kappa shape index (κ3) is 3.02. The topological polar surface area (TPSA) is 34.1 Å². The Morgan fingerprint density at radius 3 is 1.46 bits per heavy atom. The van der Waals surface area contributed by atoms with Gasteiger partial charge in [-0.3, -0.25) is 0 Å². The van der Waals surface area contributed by atoms with Crippen molar-refractivity contribution in [1.82, 2.24) is 0 Å². The molecule has 26 heavy (non-hydrogen) atoms.